The third-order valence-corrected chi connectivity index (χ3v) is 5.42. The molecule has 2 aromatic rings. The lowest BCUT2D eigenvalue weighted by atomic mass is 10.3. The number of nitrogens with one attached hydrogen (secondary N) is 1. The Balaban J connectivity index is 2.37. The molecule has 0 bridgehead atoms. The van der Waals surface area contributed by atoms with Crippen LogP contribution in [0.1, 0.15) is 0 Å². The first-order valence-corrected chi connectivity index (χ1v) is 8.08. The first-order valence-electron chi connectivity index (χ1n) is 4.93. The lowest BCUT2D eigenvalue weighted by Gasteiger charge is -2.11. The molecular formula is C11H10BrNO3S2. The lowest BCUT2D eigenvalue weighted by Crippen LogP contribution is -2.12. The molecule has 1 aromatic heterocycles. The van der Waals surface area contributed by atoms with Gasteiger partial charge in [-0.2, -0.15) is 0 Å². The van der Waals surface area contributed by atoms with Crippen molar-refractivity contribution in [2.24, 2.45) is 0 Å². The first-order chi connectivity index (χ1) is 8.53. The standard InChI is InChI=1S/C11H10BrNO3S2/c1-16-10-5-4-8(12)7-9(10)13-18(14,15)11-3-2-6-17-11/h2-7,13H,1H3. The van der Waals surface area contributed by atoms with Crippen molar-refractivity contribution in [3.8, 4) is 5.75 Å². The number of halogens is 1. The summed E-state index contributed by atoms with van der Waals surface area (Å²) in [6.07, 6.45) is 0. The van der Waals surface area contributed by atoms with Crippen molar-refractivity contribution in [2.75, 3.05) is 11.8 Å². The van der Waals surface area contributed by atoms with E-state index in [4.69, 9.17) is 4.74 Å². The van der Waals surface area contributed by atoms with Gasteiger partial charge < -0.3 is 4.74 Å². The van der Waals surface area contributed by atoms with Crippen LogP contribution >= 0.6 is 27.3 Å². The van der Waals surface area contributed by atoms with Crippen LogP contribution in [0.2, 0.25) is 0 Å². The van der Waals surface area contributed by atoms with Gasteiger partial charge >= 0.3 is 0 Å². The Kier molecular flexibility index (Phi) is 3.94. The molecule has 0 amide bonds. The minimum absolute atomic E-state index is 0.268. The lowest BCUT2D eigenvalue weighted by molar-refractivity contribution is 0.417. The second-order valence-electron chi connectivity index (χ2n) is 3.38. The van der Waals surface area contributed by atoms with Crippen molar-refractivity contribution >= 4 is 43.0 Å². The molecule has 0 saturated heterocycles. The van der Waals surface area contributed by atoms with Crippen molar-refractivity contribution < 1.29 is 13.2 Å². The Morgan fingerprint density at radius 3 is 2.72 bits per heavy atom. The normalized spacial score (nSPS) is 11.2. The predicted octanol–water partition coefficient (Wildman–Crippen LogP) is 3.32. The Hall–Kier alpha value is -1.05. The molecule has 2 rings (SSSR count). The number of ether oxygens (including phenoxy) is 1. The number of hydrogen-bond acceptors (Lipinski definition) is 4. The molecule has 96 valence electrons. The second kappa shape index (κ2) is 5.29. The number of benzene rings is 1. The van der Waals surface area contributed by atoms with Crippen molar-refractivity contribution in [1.29, 1.82) is 0 Å². The summed E-state index contributed by atoms with van der Waals surface area (Å²) in [6.45, 7) is 0. The molecule has 0 saturated carbocycles. The number of methoxy groups -OCH3 is 1. The average Bonchev–Trinajstić information content (AvgIpc) is 2.83. The van der Waals surface area contributed by atoms with E-state index in [2.05, 4.69) is 20.7 Å². The SMILES string of the molecule is COc1ccc(Br)cc1NS(=O)(=O)c1cccs1. The number of thiophene rings is 1. The molecule has 0 aliphatic carbocycles. The van der Waals surface area contributed by atoms with E-state index in [0.29, 0.717) is 11.4 Å². The van der Waals surface area contributed by atoms with Gasteiger partial charge in [-0.05, 0) is 29.6 Å². The van der Waals surface area contributed by atoms with Gasteiger partial charge in [-0.1, -0.05) is 22.0 Å². The summed E-state index contributed by atoms with van der Waals surface area (Å²) in [5, 5.41) is 1.71. The molecule has 0 aliphatic rings. The molecule has 18 heavy (non-hydrogen) atoms. The highest BCUT2D eigenvalue weighted by molar-refractivity contribution is 9.10. The van der Waals surface area contributed by atoms with Crippen LogP contribution < -0.4 is 9.46 Å². The number of rotatable bonds is 4. The third kappa shape index (κ3) is 2.85. The quantitative estimate of drug-likeness (QED) is 0.922. The van der Waals surface area contributed by atoms with E-state index in [1.54, 1.807) is 35.7 Å². The maximum absolute atomic E-state index is 12.1. The minimum atomic E-state index is -3.55. The summed E-state index contributed by atoms with van der Waals surface area (Å²) < 4.78 is 32.8. The van der Waals surface area contributed by atoms with Gasteiger partial charge in [0, 0.05) is 4.47 Å². The van der Waals surface area contributed by atoms with Crippen LogP contribution in [0.5, 0.6) is 5.75 Å². The Morgan fingerprint density at radius 1 is 1.33 bits per heavy atom. The summed E-state index contributed by atoms with van der Waals surface area (Å²) in [5.74, 6) is 0.471. The van der Waals surface area contributed by atoms with Crippen LogP contribution in [-0.2, 0) is 10.0 Å². The van der Waals surface area contributed by atoms with Gasteiger partial charge in [-0.15, -0.1) is 11.3 Å². The minimum Gasteiger partial charge on any atom is -0.495 e. The maximum atomic E-state index is 12.1. The summed E-state index contributed by atoms with van der Waals surface area (Å²) in [4.78, 5) is 0. The van der Waals surface area contributed by atoms with E-state index >= 15 is 0 Å². The Labute approximate surface area is 118 Å². The van der Waals surface area contributed by atoms with Gasteiger partial charge in [-0.3, -0.25) is 4.72 Å². The van der Waals surface area contributed by atoms with Crippen molar-refractivity contribution in [2.45, 2.75) is 4.21 Å². The Bertz CT molecular complexity index is 638. The van der Waals surface area contributed by atoms with Crippen LogP contribution in [0.25, 0.3) is 0 Å². The largest absolute Gasteiger partial charge is 0.495 e. The van der Waals surface area contributed by atoms with Gasteiger partial charge in [0.1, 0.15) is 9.96 Å². The average molecular weight is 348 g/mol. The fourth-order valence-corrected chi connectivity index (χ4v) is 3.79. The molecule has 0 aliphatic heterocycles. The molecule has 1 heterocycles. The van der Waals surface area contributed by atoms with E-state index in [9.17, 15) is 8.42 Å². The number of anilines is 1. The highest BCUT2D eigenvalue weighted by Gasteiger charge is 2.17. The molecule has 7 heteroatoms. The topological polar surface area (TPSA) is 55.4 Å². The monoisotopic (exact) mass is 347 g/mol. The summed E-state index contributed by atoms with van der Waals surface area (Å²) in [7, 11) is -2.06. The van der Waals surface area contributed by atoms with E-state index in [0.717, 1.165) is 15.8 Å². The van der Waals surface area contributed by atoms with E-state index in [-0.39, 0.29) is 4.21 Å². The van der Waals surface area contributed by atoms with Gasteiger partial charge in [-0.25, -0.2) is 8.42 Å². The van der Waals surface area contributed by atoms with Gasteiger partial charge in [0.05, 0.1) is 12.8 Å². The van der Waals surface area contributed by atoms with E-state index < -0.39 is 10.0 Å². The summed E-state index contributed by atoms with van der Waals surface area (Å²) in [5.41, 5.74) is 0.403. The predicted molar refractivity (Wildman–Crippen MR) is 75.8 cm³/mol. The van der Waals surface area contributed by atoms with E-state index in [1.165, 1.54) is 7.11 Å². The second-order valence-corrected chi connectivity index (χ2v) is 7.15. The summed E-state index contributed by atoms with van der Waals surface area (Å²) >= 11 is 4.46. The molecule has 1 aromatic carbocycles. The van der Waals surface area contributed by atoms with Crippen molar-refractivity contribution in [3.63, 3.8) is 0 Å². The number of hydrogen-bond donors (Lipinski definition) is 1. The van der Waals surface area contributed by atoms with Crippen molar-refractivity contribution in [3.05, 3.63) is 40.2 Å². The van der Waals surface area contributed by atoms with Crippen molar-refractivity contribution in [1.82, 2.24) is 0 Å². The molecule has 0 atom stereocenters. The Morgan fingerprint density at radius 2 is 2.11 bits per heavy atom. The molecule has 0 radical (unpaired) electrons. The maximum Gasteiger partial charge on any atom is 0.271 e. The number of sulfonamides is 1. The highest BCUT2D eigenvalue weighted by Crippen LogP contribution is 2.30. The highest BCUT2D eigenvalue weighted by atomic mass is 79.9. The van der Waals surface area contributed by atoms with Crippen LogP contribution in [0.15, 0.2) is 44.4 Å². The fourth-order valence-electron chi connectivity index (χ4n) is 1.37. The first kappa shape index (κ1) is 13.4. The third-order valence-electron chi connectivity index (χ3n) is 2.17. The zero-order chi connectivity index (χ0) is 13.2. The molecular weight excluding hydrogens is 338 g/mol. The van der Waals surface area contributed by atoms with Gasteiger partial charge in [0.2, 0.25) is 0 Å². The van der Waals surface area contributed by atoms with Gasteiger partial charge in [0.15, 0.2) is 0 Å². The van der Waals surface area contributed by atoms with Crippen LogP contribution in [0, 0.1) is 0 Å². The zero-order valence-corrected chi connectivity index (χ0v) is 12.6. The summed E-state index contributed by atoms with van der Waals surface area (Å²) in [6, 6.07) is 8.37. The molecule has 0 unspecified atom stereocenters. The molecule has 4 nitrogen and oxygen atoms in total. The van der Waals surface area contributed by atoms with Crippen LogP contribution in [0.3, 0.4) is 0 Å². The van der Waals surface area contributed by atoms with Crippen LogP contribution in [-0.4, -0.2) is 15.5 Å². The van der Waals surface area contributed by atoms with Gasteiger partial charge in [0.25, 0.3) is 10.0 Å². The zero-order valence-electron chi connectivity index (χ0n) is 9.38. The smallest absolute Gasteiger partial charge is 0.271 e. The van der Waals surface area contributed by atoms with E-state index in [1.807, 2.05) is 0 Å². The van der Waals surface area contributed by atoms with Crippen LogP contribution in [0.4, 0.5) is 5.69 Å². The molecule has 1 N–H and O–H groups in total. The molecule has 0 spiro atoms. The fraction of sp³-hybridized carbons (Fsp3) is 0.0909. The molecule has 0 fully saturated rings.